The van der Waals surface area contributed by atoms with Crippen molar-refractivity contribution in [2.75, 3.05) is 26.4 Å². The van der Waals surface area contributed by atoms with Crippen molar-refractivity contribution in [1.29, 1.82) is 0 Å². The highest BCUT2D eigenvalue weighted by molar-refractivity contribution is 7.89. The lowest BCUT2D eigenvalue weighted by Gasteiger charge is -2.15. The molecule has 0 fully saturated rings. The van der Waals surface area contributed by atoms with Crippen LogP contribution in [0.2, 0.25) is 0 Å². The van der Waals surface area contributed by atoms with Crippen molar-refractivity contribution in [2.45, 2.75) is 13.3 Å². The maximum Gasteiger partial charge on any atom is 0.230 e. The molecule has 0 heterocycles. The third kappa shape index (κ3) is 4.88. The number of amides is 1. The van der Waals surface area contributed by atoms with Crippen molar-refractivity contribution in [3.05, 3.63) is 0 Å². The molecule has 18 heavy (non-hydrogen) atoms. The van der Waals surface area contributed by atoms with Crippen molar-refractivity contribution < 1.29 is 18.4 Å². The Labute approximate surface area is 107 Å². The van der Waals surface area contributed by atoms with Crippen LogP contribution in [0.5, 0.6) is 0 Å². The number of nitrogens with two attached hydrogens (primary N) is 1. The van der Waals surface area contributed by atoms with E-state index in [1.807, 2.05) is 0 Å². The second-order valence-electron chi connectivity index (χ2n) is 3.88. The summed E-state index contributed by atoms with van der Waals surface area (Å²) in [5, 5.41) is 13.7. The molecule has 0 spiro atoms. The van der Waals surface area contributed by atoms with E-state index in [0.29, 0.717) is 6.42 Å². The maximum atomic E-state index is 11.6. The number of carbonyl (C=O) groups is 1. The molecule has 4 N–H and O–H groups in total. The Hall–Kier alpha value is -1.35. The minimum atomic E-state index is -3.34. The molecule has 8 nitrogen and oxygen atoms in total. The standard InChI is InChI=1S/C9H20N4O4S/c1-4-7(8(10)12-15)9(14)11-5-6-18(16,17)13(2)3/h7,15H,4-6H2,1-3H3,(H2,10,12)(H,11,14). The van der Waals surface area contributed by atoms with Gasteiger partial charge in [0.05, 0.1) is 11.7 Å². The van der Waals surface area contributed by atoms with E-state index >= 15 is 0 Å². The summed E-state index contributed by atoms with van der Waals surface area (Å²) in [6, 6.07) is 0. The minimum Gasteiger partial charge on any atom is -0.409 e. The molecule has 106 valence electrons. The lowest BCUT2D eigenvalue weighted by Crippen LogP contribution is -2.41. The van der Waals surface area contributed by atoms with Crippen LogP contribution >= 0.6 is 0 Å². The molecule has 0 aliphatic carbocycles. The first-order chi connectivity index (χ1) is 8.26. The van der Waals surface area contributed by atoms with Gasteiger partial charge in [-0.2, -0.15) is 0 Å². The van der Waals surface area contributed by atoms with Gasteiger partial charge in [-0.1, -0.05) is 12.1 Å². The largest absolute Gasteiger partial charge is 0.409 e. The van der Waals surface area contributed by atoms with E-state index in [-0.39, 0.29) is 18.1 Å². The van der Waals surface area contributed by atoms with Gasteiger partial charge in [-0.15, -0.1) is 0 Å². The summed E-state index contributed by atoms with van der Waals surface area (Å²) in [5.41, 5.74) is 5.35. The molecule has 0 aliphatic heterocycles. The Kier molecular flexibility index (Phi) is 6.63. The predicted octanol–water partition coefficient (Wildman–Crippen LogP) is -1.23. The molecule has 1 unspecified atom stereocenters. The van der Waals surface area contributed by atoms with E-state index < -0.39 is 21.8 Å². The molecular formula is C9H20N4O4S. The van der Waals surface area contributed by atoms with E-state index in [4.69, 9.17) is 10.9 Å². The highest BCUT2D eigenvalue weighted by Gasteiger charge is 2.21. The van der Waals surface area contributed by atoms with Gasteiger partial charge in [0.1, 0.15) is 0 Å². The van der Waals surface area contributed by atoms with Crippen LogP contribution in [-0.4, -0.2) is 56.1 Å². The fourth-order valence-corrected chi connectivity index (χ4v) is 1.93. The highest BCUT2D eigenvalue weighted by atomic mass is 32.2. The Morgan fingerprint density at radius 1 is 1.50 bits per heavy atom. The van der Waals surface area contributed by atoms with Gasteiger partial charge < -0.3 is 16.3 Å². The number of nitrogens with one attached hydrogen (secondary N) is 1. The lowest BCUT2D eigenvalue weighted by molar-refractivity contribution is -0.123. The number of amidine groups is 1. The molecule has 0 saturated heterocycles. The molecule has 1 atom stereocenters. The number of sulfonamides is 1. The normalized spacial score (nSPS) is 14.6. The van der Waals surface area contributed by atoms with Gasteiger partial charge in [0, 0.05) is 20.6 Å². The molecular weight excluding hydrogens is 260 g/mol. The zero-order chi connectivity index (χ0) is 14.3. The van der Waals surface area contributed by atoms with Crippen LogP contribution in [0.3, 0.4) is 0 Å². The number of carbonyl (C=O) groups excluding carboxylic acids is 1. The summed E-state index contributed by atoms with van der Waals surface area (Å²) in [6.07, 6.45) is 0.363. The van der Waals surface area contributed by atoms with Crippen LogP contribution < -0.4 is 11.1 Å². The van der Waals surface area contributed by atoms with Gasteiger partial charge in [0.2, 0.25) is 15.9 Å². The average molecular weight is 280 g/mol. The minimum absolute atomic E-state index is 0.0193. The number of hydrogen-bond donors (Lipinski definition) is 3. The molecule has 0 rings (SSSR count). The summed E-state index contributed by atoms with van der Waals surface area (Å²) in [6.45, 7) is 1.69. The number of nitrogens with zero attached hydrogens (tertiary/aromatic N) is 2. The third-order valence-corrected chi connectivity index (χ3v) is 4.25. The van der Waals surface area contributed by atoms with Crippen molar-refractivity contribution in [3.63, 3.8) is 0 Å². The van der Waals surface area contributed by atoms with Crippen LogP contribution in [0.4, 0.5) is 0 Å². The van der Waals surface area contributed by atoms with Crippen molar-refractivity contribution in [3.8, 4) is 0 Å². The van der Waals surface area contributed by atoms with Crippen LogP contribution in [0.15, 0.2) is 5.16 Å². The zero-order valence-corrected chi connectivity index (χ0v) is 11.6. The molecule has 0 aliphatic rings. The van der Waals surface area contributed by atoms with Gasteiger partial charge in [-0.3, -0.25) is 4.79 Å². The molecule has 9 heteroatoms. The number of hydrogen-bond acceptors (Lipinski definition) is 5. The lowest BCUT2D eigenvalue weighted by atomic mass is 10.1. The van der Waals surface area contributed by atoms with Gasteiger partial charge >= 0.3 is 0 Å². The fraction of sp³-hybridized carbons (Fsp3) is 0.778. The zero-order valence-electron chi connectivity index (χ0n) is 10.8. The van der Waals surface area contributed by atoms with Gasteiger partial charge in [0.25, 0.3) is 0 Å². The Morgan fingerprint density at radius 3 is 2.44 bits per heavy atom. The number of rotatable bonds is 7. The van der Waals surface area contributed by atoms with E-state index in [0.717, 1.165) is 4.31 Å². The smallest absolute Gasteiger partial charge is 0.230 e. The molecule has 0 aromatic carbocycles. The molecule has 0 saturated carbocycles. The molecule has 1 amide bonds. The first-order valence-corrected chi connectivity index (χ1v) is 7.02. The molecule has 0 aromatic heterocycles. The Bertz CT molecular complexity index is 405. The van der Waals surface area contributed by atoms with Gasteiger partial charge in [-0.25, -0.2) is 12.7 Å². The fourth-order valence-electron chi connectivity index (χ4n) is 1.21. The average Bonchev–Trinajstić information content (AvgIpc) is 2.29. The SMILES string of the molecule is CCC(C(=O)NCCS(=O)(=O)N(C)C)C(N)=NO. The third-order valence-electron chi connectivity index (χ3n) is 2.41. The monoisotopic (exact) mass is 280 g/mol. The van der Waals surface area contributed by atoms with Gasteiger partial charge in [0.15, 0.2) is 5.84 Å². The Morgan fingerprint density at radius 2 is 2.06 bits per heavy atom. The van der Waals surface area contributed by atoms with Crippen molar-refractivity contribution in [1.82, 2.24) is 9.62 Å². The van der Waals surface area contributed by atoms with Crippen LogP contribution in [0.1, 0.15) is 13.3 Å². The van der Waals surface area contributed by atoms with E-state index in [2.05, 4.69) is 10.5 Å². The molecule has 0 aromatic rings. The first-order valence-electron chi connectivity index (χ1n) is 5.41. The summed E-state index contributed by atoms with van der Waals surface area (Å²) in [5.74, 6) is -1.59. The first kappa shape index (κ1) is 16.6. The predicted molar refractivity (Wildman–Crippen MR) is 67.7 cm³/mol. The van der Waals surface area contributed by atoms with E-state index in [9.17, 15) is 13.2 Å². The highest BCUT2D eigenvalue weighted by Crippen LogP contribution is 2.02. The Balaban J connectivity index is 4.35. The summed E-state index contributed by atoms with van der Waals surface area (Å²) < 4.78 is 23.9. The quantitative estimate of drug-likeness (QED) is 0.233. The summed E-state index contributed by atoms with van der Waals surface area (Å²) >= 11 is 0. The van der Waals surface area contributed by atoms with E-state index in [1.54, 1.807) is 6.92 Å². The van der Waals surface area contributed by atoms with E-state index in [1.165, 1.54) is 14.1 Å². The molecule has 0 bridgehead atoms. The summed E-state index contributed by atoms with van der Waals surface area (Å²) in [4.78, 5) is 11.6. The second-order valence-corrected chi connectivity index (χ2v) is 6.18. The van der Waals surface area contributed by atoms with Crippen LogP contribution in [-0.2, 0) is 14.8 Å². The maximum absolute atomic E-state index is 11.6. The van der Waals surface area contributed by atoms with Crippen LogP contribution in [0.25, 0.3) is 0 Å². The summed E-state index contributed by atoms with van der Waals surface area (Å²) in [7, 11) is -0.506. The van der Waals surface area contributed by atoms with Crippen molar-refractivity contribution >= 4 is 21.8 Å². The van der Waals surface area contributed by atoms with Crippen LogP contribution in [0, 0.1) is 5.92 Å². The molecule has 0 radical (unpaired) electrons. The van der Waals surface area contributed by atoms with Gasteiger partial charge in [-0.05, 0) is 6.42 Å². The topological polar surface area (TPSA) is 125 Å². The van der Waals surface area contributed by atoms with Crippen molar-refractivity contribution in [2.24, 2.45) is 16.8 Å². The number of oxime groups is 1. The second kappa shape index (κ2) is 7.17.